The molecule has 0 aliphatic heterocycles. The predicted molar refractivity (Wildman–Crippen MR) is 105 cm³/mol. The third-order valence-electron chi connectivity index (χ3n) is 4.17. The van der Waals surface area contributed by atoms with Crippen LogP contribution in [0.1, 0.15) is 28.7 Å². The van der Waals surface area contributed by atoms with Crippen LogP contribution in [0.3, 0.4) is 0 Å². The number of nitrogens with one attached hydrogen (secondary N) is 1. The lowest BCUT2D eigenvalue weighted by atomic mass is 10.2. The monoisotopic (exact) mass is 401 g/mol. The molecular weight excluding hydrogens is 386 g/mol. The van der Waals surface area contributed by atoms with E-state index in [0.29, 0.717) is 11.1 Å². The Bertz CT molecular complexity index is 1120. The Labute approximate surface area is 164 Å². The van der Waals surface area contributed by atoms with Gasteiger partial charge in [0, 0.05) is 28.8 Å². The number of hydrazone groups is 1. The Morgan fingerprint density at radius 2 is 2.18 bits per heavy atom. The molecular formula is C18H16ClN5O4. The van der Waals surface area contributed by atoms with Crippen molar-refractivity contribution in [1.82, 2.24) is 15.0 Å². The summed E-state index contributed by atoms with van der Waals surface area (Å²) in [5, 5.41) is 24.6. The molecule has 28 heavy (non-hydrogen) atoms. The molecule has 0 unspecified atom stereocenters. The summed E-state index contributed by atoms with van der Waals surface area (Å²) >= 11 is 5.81. The number of nitro groups is 1. The largest absolute Gasteiger partial charge is 0.502 e. The van der Waals surface area contributed by atoms with Crippen molar-refractivity contribution in [3.8, 4) is 5.75 Å². The topological polar surface area (TPSA) is 123 Å². The third kappa shape index (κ3) is 3.65. The van der Waals surface area contributed by atoms with Crippen LogP contribution in [-0.4, -0.2) is 31.7 Å². The number of halogens is 1. The van der Waals surface area contributed by atoms with Gasteiger partial charge in [0.1, 0.15) is 5.82 Å². The zero-order valence-corrected chi connectivity index (χ0v) is 15.8. The molecule has 0 aliphatic carbocycles. The second kappa shape index (κ2) is 7.65. The van der Waals surface area contributed by atoms with Crippen LogP contribution < -0.4 is 5.43 Å². The summed E-state index contributed by atoms with van der Waals surface area (Å²) in [5.74, 6) is -0.224. The molecule has 0 atom stereocenters. The van der Waals surface area contributed by atoms with Gasteiger partial charge in [-0.25, -0.2) is 10.4 Å². The zero-order chi connectivity index (χ0) is 20.4. The van der Waals surface area contributed by atoms with Crippen LogP contribution in [0.5, 0.6) is 5.75 Å². The number of benzene rings is 2. The number of fused-ring (bicyclic) bond motifs is 1. The van der Waals surface area contributed by atoms with E-state index in [1.54, 1.807) is 12.1 Å². The molecule has 2 N–H and O–H groups in total. The molecule has 0 aliphatic rings. The van der Waals surface area contributed by atoms with Crippen molar-refractivity contribution in [3.05, 3.63) is 62.4 Å². The fourth-order valence-electron chi connectivity index (χ4n) is 2.86. The summed E-state index contributed by atoms with van der Waals surface area (Å²) in [5.41, 5.74) is 3.75. The highest BCUT2D eigenvalue weighted by molar-refractivity contribution is 6.31. The summed E-state index contributed by atoms with van der Waals surface area (Å²) in [7, 11) is 0. The lowest BCUT2D eigenvalue weighted by Gasteiger charge is -2.03. The summed E-state index contributed by atoms with van der Waals surface area (Å²) in [6.07, 6.45) is 1.08. The molecule has 3 rings (SSSR count). The Morgan fingerprint density at radius 1 is 1.43 bits per heavy atom. The van der Waals surface area contributed by atoms with Crippen LogP contribution in [0.2, 0.25) is 5.02 Å². The van der Waals surface area contributed by atoms with Crippen molar-refractivity contribution in [2.75, 3.05) is 0 Å². The number of carbonyl (C=O) groups excluding carboxylic acids is 1. The molecule has 0 saturated heterocycles. The SMILES string of the molecule is CCn1c(C)nc2cc(C(=O)NN=Cc3cc(Cl)cc([N+](=O)[O-])c3O)ccc21. The number of hydrogen-bond acceptors (Lipinski definition) is 6. The minimum atomic E-state index is -0.760. The van der Waals surface area contributed by atoms with Gasteiger partial charge >= 0.3 is 5.69 Å². The zero-order valence-electron chi connectivity index (χ0n) is 15.0. The first kappa shape index (κ1) is 19.3. The third-order valence-corrected chi connectivity index (χ3v) is 4.39. The highest BCUT2D eigenvalue weighted by Crippen LogP contribution is 2.32. The van der Waals surface area contributed by atoms with Crippen LogP contribution in [0.15, 0.2) is 35.4 Å². The maximum Gasteiger partial charge on any atom is 0.312 e. The second-order valence-corrected chi connectivity index (χ2v) is 6.36. The molecule has 0 bridgehead atoms. The van der Waals surface area contributed by atoms with Crippen LogP contribution in [0.25, 0.3) is 11.0 Å². The number of nitrogens with zero attached hydrogens (tertiary/aromatic N) is 4. The number of imidazole rings is 1. The van der Waals surface area contributed by atoms with Crippen molar-refractivity contribution in [1.29, 1.82) is 0 Å². The van der Waals surface area contributed by atoms with E-state index in [1.165, 1.54) is 6.07 Å². The highest BCUT2D eigenvalue weighted by Gasteiger charge is 2.18. The number of carbonyl (C=O) groups is 1. The lowest BCUT2D eigenvalue weighted by molar-refractivity contribution is -0.385. The van der Waals surface area contributed by atoms with E-state index >= 15 is 0 Å². The molecule has 0 saturated carbocycles. The molecule has 3 aromatic rings. The van der Waals surface area contributed by atoms with Crippen LogP contribution in [0, 0.1) is 17.0 Å². The van der Waals surface area contributed by atoms with Crippen molar-refractivity contribution < 1.29 is 14.8 Å². The average Bonchev–Trinajstić information content (AvgIpc) is 2.97. The van der Waals surface area contributed by atoms with Gasteiger partial charge in [0.25, 0.3) is 5.91 Å². The van der Waals surface area contributed by atoms with Gasteiger partial charge < -0.3 is 9.67 Å². The summed E-state index contributed by atoms with van der Waals surface area (Å²) < 4.78 is 2.03. The normalized spacial score (nSPS) is 11.2. The van der Waals surface area contributed by atoms with Gasteiger partial charge in [-0.2, -0.15) is 5.10 Å². The fraction of sp³-hybridized carbons (Fsp3) is 0.167. The van der Waals surface area contributed by atoms with Gasteiger partial charge in [0.2, 0.25) is 5.75 Å². The summed E-state index contributed by atoms with van der Waals surface area (Å²) in [6, 6.07) is 7.44. The Kier molecular flexibility index (Phi) is 5.27. The number of amides is 1. The van der Waals surface area contributed by atoms with Gasteiger partial charge in [-0.3, -0.25) is 14.9 Å². The molecule has 1 heterocycles. The van der Waals surface area contributed by atoms with Crippen LogP contribution >= 0.6 is 11.6 Å². The molecule has 2 aromatic carbocycles. The van der Waals surface area contributed by atoms with E-state index in [1.807, 2.05) is 24.5 Å². The summed E-state index contributed by atoms with van der Waals surface area (Å²) in [4.78, 5) is 26.9. The minimum absolute atomic E-state index is 0.00673. The number of hydrogen-bond donors (Lipinski definition) is 2. The quantitative estimate of drug-likeness (QED) is 0.385. The number of aromatic nitrogens is 2. The molecule has 144 valence electrons. The number of phenolic OH excluding ortho intramolecular Hbond substituents is 1. The smallest absolute Gasteiger partial charge is 0.312 e. The van der Waals surface area contributed by atoms with Crippen molar-refractivity contribution >= 4 is 40.4 Å². The molecule has 0 spiro atoms. The first-order chi connectivity index (χ1) is 13.3. The highest BCUT2D eigenvalue weighted by atomic mass is 35.5. The minimum Gasteiger partial charge on any atom is -0.502 e. The Hall–Kier alpha value is -3.46. The van der Waals surface area contributed by atoms with E-state index < -0.39 is 22.3 Å². The Morgan fingerprint density at radius 3 is 2.86 bits per heavy atom. The molecule has 1 amide bonds. The van der Waals surface area contributed by atoms with Gasteiger partial charge in [0.15, 0.2) is 0 Å². The van der Waals surface area contributed by atoms with E-state index in [-0.39, 0.29) is 10.6 Å². The number of aromatic hydroxyl groups is 1. The van der Waals surface area contributed by atoms with Crippen LogP contribution in [-0.2, 0) is 6.54 Å². The van der Waals surface area contributed by atoms with E-state index in [4.69, 9.17) is 11.6 Å². The first-order valence-electron chi connectivity index (χ1n) is 8.29. The van der Waals surface area contributed by atoms with Crippen molar-refractivity contribution in [2.24, 2.45) is 5.10 Å². The van der Waals surface area contributed by atoms with Gasteiger partial charge in [-0.1, -0.05) is 11.6 Å². The maximum absolute atomic E-state index is 12.3. The number of nitro benzene ring substituents is 1. The van der Waals surface area contributed by atoms with Crippen molar-refractivity contribution in [2.45, 2.75) is 20.4 Å². The van der Waals surface area contributed by atoms with Gasteiger partial charge in [-0.05, 0) is 38.1 Å². The van der Waals surface area contributed by atoms with E-state index in [9.17, 15) is 20.0 Å². The first-order valence-corrected chi connectivity index (χ1v) is 8.66. The molecule has 0 fully saturated rings. The lowest BCUT2D eigenvalue weighted by Crippen LogP contribution is -2.17. The molecule has 9 nitrogen and oxygen atoms in total. The van der Waals surface area contributed by atoms with E-state index in [2.05, 4.69) is 15.5 Å². The summed E-state index contributed by atoms with van der Waals surface area (Å²) in [6.45, 7) is 4.68. The standard InChI is InChI=1S/C18H16ClN5O4/c1-3-23-10(2)21-14-7-11(4-5-15(14)23)18(26)22-20-9-12-6-13(19)8-16(17(12)25)24(27)28/h4-9,25H,3H2,1-2H3,(H,22,26). The predicted octanol–water partition coefficient (Wildman–Crippen LogP) is 3.40. The fourth-order valence-corrected chi connectivity index (χ4v) is 3.08. The van der Waals surface area contributed by atoms with Crippen LogP contribution in [0.4, 0.5) is 5.69 Å². The van der Waals surface area contributed by atoms with Gasteiger partial charge in [0.05, 0.1) is 22.2 Å². The van der Waals surface area contributed by atoms with E-state index in [0.717, 1.165) is 30.2 Å². The van der Waals surface area contributed by atoms with Gasteiger partial charge in [-0.15, -0.1) is 0 Å². The number of phenols is 1. The Balaban J connectivity index is 1.81. The van der Waals surface area contributed by atoms with Crippen molar-refractivity contribution in [3.63, 3.8) is 0 Å². The molecule has 0 radical (unpaired) electrons. The second-order valence-electron chi connectivity index (χ2n) is 5.93. The number of rotatable bonds is 5. The molecule has 1 aromatic heterocycles. The number of aryl methyl sites for hydroxylation is 2. The molecule has 10 heteroatoms. The average molecular weight is 402 g/mol. The maximum atomic E-state index is 12.3.